The summed E-state index contributed by atoms with van der Waals surface area (Å²) >= 11 is 1.49. The number of aryl methyl sites for hydroxylation is 1. The van der Waals surface area contributed by atoms with Gasteiger partial charge in [0.25, 0.3) is 0 Å². The first-order valence-electron chi connectivity index (χ1n) is 4.04. The van der Waals surface area contributed by atoms with Crippen molar-refractivity contribution in [1.82, 2.24) is 4.90 Å². The van der Waals surface area contributed by atoms with E-state index in [9.17, 15) is 4.79 Å². The number of carbonyl (C=O) groups excluding carboxylic acids is 1. The van der Waals surface area contributed by atoms with Gasteiger partial charge in [-0.2, -0.15) is 0 Å². The molecule has 1 heterocycles. The van der Waals surface area contributed by atoms with Crippen LogP contribution in [0.3, 0.4) is 0 Å². The zero-order valence-electron chi connectivity index (χ0n) is 8.07. The Balaban J connectivity index is 2.75. The Morgan fingerprint density at radius 2 is 2.23 bits per heavy atom. The molecule has 0 amide bonds. The van der Waals surface area contributed by atoms with Crippen molar-refractivity contribution < 1.29 is 4.79 Å². The van der Waals surface area contributed by atoms with E-state index in [2.05, 4.69) is 0 Å². The van der Waals surface area contributed by atoms with Crippen molar-refractivity contribution in [2.75, 3.05) is 14.1 Å². The standard InChI is InChI=1S/C10H13NOS/c1-8-5-7-13-10(8)9(12)4-6-11(2)3/h4-7H,1-3H3. The molecule has 0 atom stereocenters. The van der Waals surface area contributed by atoms with Crippen molar-refractivity contribution in [3.8, 4) is 0 Å². The Morgan fingerprint density at radius 3 is 2.69 bits per heavy atom. The van der Waals surface area contributed by atoms with Gasteiger partial charge >= 0.3 is 0 Å². The zero-order chi connectivity index (χ0) is 9.84. The van der Waals surface area contributed by atoms with Crippen molar-refractivity contribution in [3.05, 3.63) is 34.2 Å². The Hall–Kier alpha value is -1.09. The lowest BCUT2D eigenvalue weighted by Gasteiger charge is -2.02. The maximum atomic E-state index is 11.5. The van der Waals surface area contributed by atoms with E-state index in [-0.39, 0.29) is 5.78 Å². The molecule has 1 aromatic rings. The minimum Gasteiger partial charge on any atom is -0.383 e. The lowest BCUT2D eigenvalue weighted by atomic mass is 10.2. The molecule has 70 valence electrons. The molecule has 3 heteroatoms. The van der Waals surface area contributed by atoms with E-state index in [1.165, 1.54) is 11.3 Å². The van der Waals surface area contributed by atoms with Crippen LogP contribution in [-0.4, -0.2) is 24.8 Å². The summed E-state index contributed by atoms with van der Waals surface area (Å²) in [5.74, 6) is 0.0844. The Morgan fingerprint density at radius 1 is 1.54 bits per heavy atom. The molecule has 0 N–H and O–H groups in total. The summed E-state index contributed by atoms with van der Waals surface area (Å²) in [4.78, 5) is 14.2. The van der Waals surface area contributed by atoms with Gasteiger partial charge in [0.1, 0.15) is 0 Å². The molecule has 0 spiro atoms. The van der Waals surface area contributed by atoms with E-state index >= 15 is 0 Å². The number of thiophene rings is 1. The van der Waals surface area contributed by atoms with Crippen molar-refractivity contribution in [1.29, 1.82) is 0 Å². The molecular weight excluding hydrogens is 182 g/mol. The molecule has 0 saturated heterocycles. The zero-order valence-corrected chi connectivity index (χ0v) is 8.89. The average Bonchev–Trinajstić information content (AvgIpc) is 2.47. The van der Waals surface area contributed by atoms with Gasteiger partial charge in [-0.05, 0) is 23.9 Å². The molecule has 0 aromatic carbocycles. The van der Waals surface area contributed by atoms with E-state index in [0.29, 0.717) is 0 Å². The predicted molar refractivity (Wildman–Crippen MR) is 56.2 cm³/mol. The molecule has 0 unspecified atom stereocenters. The SMILES string of the molecule is Cc1ccsc1C(=O)C=CN(C)C. The van der Waals surface area contributed by atoms with Crippen LogP contribution in [0.15, 0.2) is 23.7 Å². The summed E-state index contributed by atoms with van der Waals surface area (Å²) < 4.78 is 0. The highest BCUT2D eigenvalue weighted by molar-refractivity contribution is 7.12. The van der Waals surface area contributed by atoms with Crippen LogP contribution in [0.2, 0.25) is 0 Å². The van der Waals surface area contributed by atoms with Gasteiger partial charge in [-0.15, -0.1) is 11.3 Å². The lowest BCUT2D eigenvalue weighted by Crippen LogP contribution is -2.02. The second kappa shape index (κ2) is 4.23. The maximum absolute atomic E-state index is 11.5. The van der Waals surface area contributed by atoms with Gasteiger partial charge in [-0.1, -0.05) is 0 Å². The molecule has 0 aliphatic rings. The normalized spacial score (nSPS) is 10.7. The van der Waals surface area contributed by atoms with Crippen LogP contribution in [0.25, 0.3) is 0 Å². The molecule has 0 aliphatic carbocycles. The Labute approximate surface area is 82.5 Å². The van der Waals surface area contributed by atoms with Crippen LogP contribution in [0.4, 0.5) is 0 Å². The highest BCUT2D eigenvalue weighted by atomic mass is 32.1. The van der Waals surface area contributed by atoms with E-state index in [0.717, 1.165) is 10.4 Å². The van der Waals surface area contributed by atoms with Crippen LogP contribution in [0.5, 0.6) is 0 Å². The first-order chi connectivity index (χ1) is 6.11. The Kier molecular flexibility index (Phi) is 3.25. The number of hydrogen-bond acceptors (Lipinski definition) is 3. The minimum absolute atomic E-state index is 0.0844. The minimum atomic E-state index is 0.0844. The largest absolute Gasteiger partial charge is 0.383 e. The highest BCUT2D eigenvalue weighted by Gasteiger charge is 2.06. The van der Waals surface area contributed by atoms with Crippen LogP contribution in [0.1, 0.15) is 15.2 Å². The highest BCUT2D eigenvalue weighted by Crippen LogP contribution is 2.16. The molecule has 13 heavy (non-hydrogen) atoms. The third-order valence-electron chi connectivity index (χ3n) is 1.61. The molecule has 0 bridgehead atoms. The fourth-order valence-electron chi connectivity index (χ4n) is 0.918. The molecule has 0 saturated carbocycles. The molecule has 0 aliphatic heterocycles. The van der Waals surface area contributed by atoms with Crippen LogP contribution in [-0.2, 0) is 0 Å². The third-order valence-corrected chi connectivity index (χ3v) is 2.64. The second-order valence-electron chi connectivity index (χ2n) is 3.08. The molecule has 2 nitrogen and oxygen atoms in total. The lowest BCUT2D eigenvalue weighted by molar-refractivity contribution is 0.104. The van der Waals surface area contributed by atoms with E-state index < -0.39 is 0 Å². The quantitative estimate of drug-likeness (QED) is 0.545. The number of ketones is 1. The number of nitrogens with zero attached hydrogens (tertiary/aromatic N) is 1. The predicted octanol–water partition coefficient (Wildman–Crippen LogP) is 2.31. The molecular formula is C10H13NOS. The van der Waals surface area contributed by atoms with Gasteiger partial charge in [0.15, 0.2) is 5.78 Å². The smallest absolute Gasteiger partial charge is 0.197 e. The van der Waals surface area contributed by atoms with Crippen molar-refractivity contribution in [3.63, 3.8) is 0 Å². The van der Waals surface area contributed by atoms with E-state index in [1.54, 1.807) is 12.3 Å². The summed E-state index contributed by atoms with van der Waals surface area (Å²) in [6, 6.07) is 1.96. The van der Waals surface area contributed by atoms with Gasteiger partial charge in [0, 0.05) is 26.4 Å². The van der Waals surface area contributed by atoms with Crippen LogP contribution < -0.4 is 0 Å². The molecule has 0 radical (unpaired) electrons. The summed E-state index contributed by atoms with van der Waals surface area (Å²) in [6.45, 7) is 1.95. The fraction of sp³-hybridized carbons (Fsp3) is 0.300. The number of hydrogen-bond donors (Lipinski definition) is 0. The van der Waals surface area contributed by atoms with Gasteiger partial charge in [-0.3, -0.25) is 4.79 Å². The maximum Gasteiger partial charge on any atom is 0.197 e. The van der Waals surface area contributed by atoms with Crippen molar-refractivity contribution in [2.24, 2.45) is 0 Å². The number of rotatable bonds is 3. The summed E-state index contributed by atoms with van der Waals surface area (Å²) in [7, 11) is 3.79. The van der Waals surface area contributed by atoms with E-state index in [4.69, 9.17) is 0 Å². The van der Waals surface area contributed by atoms with Crippen molar-refractivity contribution in [2.45, 2.75) is 6.92 Å². The molecule has 1 rings (SSSR count). The fourth-order valence-corrected chi connectivity index (χ4v) is 1.76. The Bertz CT molecular complexity index is 325. The van der Waals surface area contributed by atoms with Crippen molar-refractivity contribution >= 4 is 17.1 Å². The van der Waals surface area contributed by atoms with Gasteiger partial charge in [0.05, 0.1) is 4.88 Å². The van der Waals surface area contributed by atoms with Crippen LogP contribution >= 0.6 is 11.3 Å². The van der Waals surface area contributed by atoms with Gasteiger partial charge in [-0.25, -0.2) is 0 Å². The molecule has 1 aromatic heterocycles. The van der Waals surface area contributed by atoms with Gasteiger partial charge < -0.3 is 4.90 Å². The number of carbonyl (C=O) groups is 1. The first kappa shape index (κ1) is 9.99. The van der Waals surface area contributed by atoms with E-state index in [1.807, 2.05) is 37.4 Å². The van der Waals surface area contributed by atoms with Crippen LogP contribution in [0, 0.1) is 6.92 Å². The van der Waals surface area contributed by atoms with Gasteiger partial charge in [0.2, 0.25) is 0 Å². The average molecular weight is 195 g/mol. The molecule has 0 fully saturated rings. The summed E-state index contributed by atoms with van der Waals surface area (Å²) in [5.41, 5.74) is 1.05. The summed E-state index contributed by atoms with van der Waals surface area (Å²) in [5, 5.41) is 1.94. The topological polar surface area (TPSA) is 20.3 Å². The second-order valence-corrected chi connectivity index (χ2v) is 3.99. The number of allylic oxidation sites excluding steroid dienone is 1. The summed E-state index contributed by atoms with van der Waals surface area (Å²) in [6.07, 6.45) is 3.36. The monoisotopic (exact) mass is 195 g/mol. The third kappa shape index (κ3) is 2.70. The first-order valence-corrected chi connectivity index (χ1v) is 4.92.